The number of benzene rings is 3. The van der Waals surface area contributed by atoms with Gasteiger partial charge in [-0.1, -0.05) is 30.3 Å². The van der Waals surface area contributed by atoms with E-state index in [4.69, 9.17) is 14.2 Å². The molecule has 0 aromatic heterocycles. The molecule has 0 heterocycles. The zero-order chi connectivity index (χ0) is 29.4. The number of carboxylic acid groups (broad SMARTS) is 1. The Morgan fingerprint density at radius 2 is 1.43 bits per heavy atom. The van der Waals surface area contributed by atoms with Gasteiger partial charge in [0.15, 0.2) is 23.0 Å². The van der Waals surface area contributed by atoms with Crippen LogP contribution < -0.4 is 9.47 Å². The summed E-state index contributed by atoms with van der Waals surface area (Å²) in [5.74, 6) is -4.95. The second-order valence-electron chi connectivity index (χ2n) is 8.57. The minimum absolute atomic E-state index is 0.0458. The van der Waals surface area contributed by atoms with Crippen molar-refractivity contribution >= 4 is 35.7 Å². The van der Waals surface area contributed by atoms with E-state index in [1.54, 1.807) is 18.2 Å². The molecule has 0 unspecified atom stereocenters. The molecule has 0 saturated carbocycles. The van der Waals surface area contributed by atoms with Gasteiger partial charge in [-0.3, -0.25) is 9.59 Å². The lowest BCUT2D eigenvalue weighted by molar-refractivity contribution is -0.134. The molecule has 0 saturated heterocycles. The molecule has 10 nitrogen and oxygen atoms in total. The Labute approximate surface area is 229 Å². The third-order valence-corrected chi connectivity index (χ3v) is 5.49. The average molecular weight is 547 g/mol. The van der Waals surface area contributed by atoms with Crippen LogP contribution in [0.25, 0.3) is 11.8 Å². The maximum absolute atomic E-state index is 12.8. The van der Waals surface area contributed by atoms with E-state index in [0.29, 0.717) is 11.1 Å². The maximum Gasteiger partial charge on any atom is 0.336 e. The van der Waals surface area contributed by atoms with E-state index in [2.05, 4.69) is 0 Å². The molecule has 0 atom stereocenters. The molecule has 0 aliphatic carbocycles. The van der Waals surface area contributed by atoms with Gasteiger partial charge < -0.3 is 29.5 Å². The van der Waals surface area contributed by atoms with E-state index >= 15 is 0 Å². The van der Waals surface area contributed by atoms with E-state index in [0.717, 1.165) is 24.6 Å². The number of phenols is 2. The largest absolute Gasteiger partial charge is 0.504 e. The summed E-state index contributed by atoms with van der Waals surface area (Å²) >= 11 is 0. The van der Waals surface area contributed by atoms with Gasteiger partial charge in [0.1, 0.15) is 5.76 Å². The molecule has 0 spiro atoms. The van der Waals surface area contributed by atoms with Crippen LogP contribution in [0, 0.1) is 6.92 Å². The van der Waals surface area contributed by atoms with Crippen LogP contribution in [0.2, 0.25) is 0 Å². The first-order chi connectivity index (χ1) is 18.9. The van der Waals surface area contributed by atoms with Gasteiger partial charge in [-0.25, -0.2) is 9.59 Å². The molecular formula is C30H26O10. The second kappa shape index (κ2) is 12.9. The minimum atomic E-state index is -1.36. The summed E-state index contributed by atoms with van der Waals surface area (Å²) in [5.41, 5.74) is 1.63. The summed E-state index contributed by atoms with van der Waals surface area (Å²) in [6.45, 7) is 4.15. The van der Waals surface area contributed by atoms with Crippen molar-refractivity contribution in [1.29, 1.82) is 0 Å². The fourth-order valence-electron chi connectivity index (χ4n) is 3.62. The number of hydrogen-bond acceptors (Lipinski definition) is 9. The minimum Gasteiger partial charge on any atom is -0.504 e. The van der Waals surface area contributed by atoms with Crippen LogP contribution in [0.15, 0.2) is 72.3 Å². The van der Waals surface area contributed by atoms with Crippen LogP contribution in [0.1, 0.15) is 36.1 Å². The Morgan fingerprint density at radius 3 is 1.98 bits per heavy atom. The highest BCUT2D eigenvalue weighted by Crippen LogP contribution is 2.33. The van der Waals surface area contributed by atoms with Gasteiger partial charge >= 0.3 is 23.9 Å². The first-order valence-corrected chi connectivity index (χ1v) is 11.9. The zero-order valence-corrected chi connectivity index (χ0v) is 21.8. The lowest BCUT2D eigenvalue weighted by atomic mass is 9.97. The van der Waals surface area contributed by atoms with Gasteiger partial charge in [0.2, 0.25) is 0 Å². The Bertz CT molecular complexity index is 1530. The summed E-state index contributed by atoms with van der Waals surface area (Å²) in [6.07, 6.45) is 2.22. The topological polar surface area (TPSA) is 157 Å². The number of esters is 3. The average Bonchev–Trinajstić information content (AvgIpc) is 2.88. The number of carbonyl (C=O) groups is 4. The van der Waals surface area contributed by atoms with Crippen molar-refractivity contribution < 1.29 is 48.7 Å². The number of hydrogen-bond donors (Lipinski definition) is 3. The molecule has 10 heteroatoms. The van der Waals surface area contributed by atoms with E-state index in [1.165, 1.54) is 43.3 Å². The first-order valence-electron chi connectivity index (χ1n) is 11.9. The van der Waals surface area contributed by atoms with Crippen LogP contribution in [0.4, 0.5) is 0 Å². The van der Waals surface area contributed by atoms with E-state index in [1.807, 2.05) is 13.0 Å². The van der Waals surface area contributed by atoms with E-state index in [-0.39, 0.29) is 40.6 Å². The van der Waals surface area contributed by atoms with E-state index < -0.39 is 29.6 Å². The van der Waals surface area contributed by atoms with Crippen LogP contribution in [-0.2, 0) is 30.3 Å². The SMILES string of the molecule is CC(=O)Oc1ccc(/C=C/C(=O)OC(=C(Cc2ccccc2C)C(=O)O)c2ccc(OC(C)=O)c(O)c2)cc1O. The Balaban J connectivity index is 2.01. The summed E-state index contributed by atoms with van der Waals surface area (Å²) in [4.78, 5) is 47.6. The van der Waals surface area contributed by atoms with Crippen LogP contribution >= 0.6 is 0 Å². The van der Waals surface area contributed by atoms with Crippen LogP contribution in [-0.4, -0.2) is 39.2 Å². The van der Waals surface area contributed by atoms with Gasteiger partial charge in [0, 0.05) is 31.9 Å². The van der Waals surface area contributed by atoms with Crippen molar-refractivity contribution in [3.63, 3.8) is 0 Å². The van der Waals surface area contributed by atoms with Gasteiger partial charge in [0.05, 0.1) is 5.57 Å². The Kier molecular flexibility index (Phi) is 9.43. The predicted molar refractivity (Wildman–Crippen MR) is 143 cm³/mol. The number of rotatable bonds is 9. The summed E-state index contributed by atoms with van der Waals surface area (Å²) in [7, 11) is 0. The molecule has 0 radical (unpaired) electrons. The standard InChI is InChI=1S/C30H26O10/c1-17-6-4-5-7-21(17)15-23(30(36)37)29(22-10-12-27(25(34)16-22)39-19(3)32)40-28(35)13-9-20-8-11-26(24(33)14-20)38-18(2)31/h4-14,16,33-34H,15H2,1-3H3,(H,36,37)/b13-9+,29-23?. The number of carbonyl (C=O) groups excluding carboxylic acids is 3. The monoisotopic (exact) mass is 546 g/mol. The third kappa shape index (κ3) is 7.81. The highest BCUT2D eigenvalue weighted by molar-refractivity contribution is 5.99. The van der Waals surface area contributed by atoms with E-state index in [9.17, 15) is 34.5 Å². The summed E-state index contributed by atoms with van der Waals surface area (Å²) in [6, 6.07) is 14.9. The van der Waals surface area contributed by atoms with Crippen molar-refractivity contribution in [1.82, 2.24) is 0 Å². The molecular weight excluding hydrogens is 520 g/mol. The fourth-order valence-corrected chi connectivity index (χ4v) is 3.62. The quantitative estimate of drug-likeness (QED) is 0.151. The zero-order valence-electron chi connectivity index (χ0n) is 21.8. The molecule has 0 aliphatic rings. The first kappa shape index (κ1) is 29.2. The molecule has 3 N–H and O–H groups in total. The molecule has 3 aromatic rings. The number of aryl methyl sites for hydroxylation is 1. The molecule has 3 rings (SSSR count). The molecule has 0 bridgehead atoms. The highest BCUT2D eigenvalue weighted by atomic mass is 16.5. The van der Waals surface area contributed by atoms with Crippen molar-refractivity contribution in [2.75, 3.05) is 0 Å². The van der Waals surface area contributed by atoms with Crippen molar-refractivity contribution in [3.05, 3.63) is 94.6 Å². The molecule has 0 aliphatic heterocycles. The Morgan fingerprint density at radius 1 is 0.825 bits per heavy atom. The van der Waals surface area contributed by atoms with Crippen LogP contribution in [0.3, 0.4) is 0 Å². The van der Waals surface area contributed by atoms with Gasteiger partial charge in [-0.15, -0.1) is 0 Å². The smallest absolute Gasteiger partial charge is 0.336 e. The number of aromatic hydroxyl groups is 2. The number of carboxylic acids is 1. The number of ether oxygens (including phenoxy) is 3. The number of aliphatic carboxylic acids is 1. The number of phenolic OH excluding ortho intramolecular Hbond substituents is 2. The van der Waals surface area contributed by atoms with Gasteiger partial charge in [-0.2, -0.15) is 0 Å². The van der Waals surface area contributed by atoms with Crippen molar-refractivity contribution in [2.45, 2.75) is 27.2 Å². The summed E-state index contributed by atoms with van der Waals surface area (Å²) < 4.78 is 15.3. The fraction of sp³-hybridized carbons (Fsp3) is 0.133. The van der Waals surface area contributed by atoms with Crippen LogP contribution in [0.5, 0.6) is 23.0 Å². The molecule has 206 valence electrons. The molecule has 3 aromatic carbocycles. The predicted octanol–water partition coefficient (Wildman–Crippen LogP) is 4.55. The molecule has 40 heavy (non-hydrogen) atoms. The maximum atomic E-state index is 12.8. The second-order valence-corrected chi connectivity index (χ2v) is 8.57. The summed E-state index contributed by atoms with van der Waals surface area (Å²) in [5, 5.41) is 30.5. The molecule has 0 fully saturated rings. The molecule has 0 amide bonds. The lowest BCUT2D eigenvalue weighted by Gasteiger charge is -2.15. The lowest BCUT2D eigenvalue weighted by Crippen LogP contribution is -2.12. The van der Waals surface area contributed by atoms with Crippen molar-refractivity contribution in [2.24, 2.45) is 0 Å². The Hall–Kier alpha value is -5.38. The highest BCUT2D eigenvalue weighted by Gasteiger charge is 2.22. The van der Waals surface area contributed by atoms with Gasteiger partial charge in [0.25, 0.3) is 0 Å². The normalized spacial score (nSPS) is 11.5. The third-order valence-electron chi connectivity index (χ3n) is 5.49. The van der Waals surface area contributed by atoms with Crippen molar-refractivity contribution in [3.8, 4) is 23.0 Å². The van der Waals surface area contributed by atoms with Gasteiger partial charge in [-0.05, 0) is 60.0 Å².